The van der Waals surface area contributed by atoms with Crippen LogP contribution in [0.4, 0.5) is 0 Å². The topological polar surface area (TPSA) is 47.3 Å². The van der Waals surface area contributed by atoms with Crippen molar-refractivity contribution in [1.29, 1.82) is 0 Å². The summed E-state index contributed by atoms with van der Waals surface area (Å²) in [6.07, 6.45) is 4.77. The number of imidazole rings is 1. The van der Waals surface area contributed by atoms with Crippen LogP contribution in [0.3, 0.4) is 0 Å². The first kappa shape index (κ1) is 13.2. The van der Waals surface area contributed by atoms with Crippen molar-refractivity contribution in [2.45, 2.75) is 25.8 Å². The molecule has 2 heterocycles. The molecule has 1 aromatic heterocycles. The maximum atomic E-state index is 9.27. The molecule has 3 rings (SSSR count). The summed E-state index contributed by atoms with van der Waals surface area (Å²) in [5.74, 6) is 2.39. The summed E-state index contributed by atoms with van der Waals surface area (Å²) in [5.41, 5.74) is 2.49. The second kappa shape index (κ2) is 5.67. The molecule has 0 fully saturated rings. The summed E-state index contributed by atoms with van der Waals surface area (Å²) in [4.78, 5) is 4.55. The van der Waals surface area contributed by atoms with Gasteiger partial charge in [0.15, 0.2) is 0 Å². The number of aliphatic hydroxyl groups excluding tert-OH is 1. The van der Waals surface area contributed by atoms with Crippen LogP contribution >= 0.6 is 0 Å². The molecule has 20 heavy (non-hydrogen) atoms. The second-order valence-corrected chi connectivity index (χ2v) is 5.38. The Morgan fingerprint density at radius 2 is 2.15 bits per heavy atom. The number of ether oxygens (including phenoxy) is 1. The van der Waals surface area contributed by atoms with Crippen LogP contribution in [0.5, 0.6) is 5.75 Å². The van der Waals surface area contributed by atoms with E-state index in [9.17, 15) is 5.11 Å². The van der Waals surface area contributed by atoms with E-state index < -0.39 is 0 Å². The molecular weight excluding hydrogens is 252 g/mol. The van der Waals surface area contributed by atoms with Gasteiger partial charge in [-0.2, -0.15) is 0 Å². The molecule has 4 heteroatoms. The molecule has 106 valence electrons. The van der Waals surface area contributed by atoms with Crippen molar-refractivity contribution >= 4 is 0 Å². The highest BCUT2D eigenvalue weighted by Crippen LogP contribution is 2.23. The second-order valence-electron chi connectivity index (χ2n) is 5.38. The van der Waals surface area contributed by atoms with Crippen molar-refractivity contribution in [3.8, 4) is 5.75 Å². The van der Waals surface area contributed by atoms with E-state index in [4.69, 9.17) is 4.74 Å². The number of benzene rings is 1. The van der Waals surface area contributed by atoms with Gasteiger partial charge < -0.3 is 14.4 Å². The van der Waals surface area contributed by atoms with Gasteiger partial charge in [0.25, 0.3) is 0 Å². The highest BCUT2D eigenvalue weighted by Gasteiger charge is 2.20. The van der Waals surface area contributed by atoms with E-state index in [0.717, 1.165) is 37.4 Å². The van der Waals surface area contributed by atoms with E-state index in [1.807, 2.05) is 18.3 Å². The average molecular weight is 272 g/mol. The zero-order chi connectivity index (χ0) is 13.9. The number of nitrogens with zero attached hydrogens (tertiary/aromatic N) is 2. The lowest BCUT2D eigenvalue weighted by Crippen LogP contribution is -2.22. The third-order valence-electron chi connectivity index (χ3n) is 4.06. The van der Waals surface area contributed by atoms with Crippen LogP contribution in [-0.4, -0.2) is 28.4 Å². The van der Waals surface area contributed by atoms with Crippen molar-refractivity contribution in [3.05, 3.63) is 47.5 Å². The summed E-state index contributed by atoms with van der Waals surface area (Å²) >= 11 is 0. The normalized spacial score (nSPS) is 17.8. The average Bonchev–Trinajstić information content (AvgIpc) is 2.90. The largest absolute Gasteiger partial charge is 0.497 e. The van der Waals surface area contributed by atoms with Crippen LogP contribution in [0.2, 0.25) is 0 Å². The highest BCUT2D eigenvalue weighted by molar-refractivity contribution is 5.29. The van der Waals surface area contributed by atoms with Gasteiger partial charge in [0.05, 0.1) is 7.11 Å². The summed E-state index contributed by atoms with van der Waals surface area (Å²) in [6.45, 7) is 1.24. The first-order valence-corrected chi connectivity index (χ1v) is 7.07. The lowest BCUT2D eigenvalue weighted by molar-refractivity contribution is 0.200. The number of fused-ring (bicyclic) bond motifs is 1. The molecule has 1 aliphatic heterocycles. The lowest BCUT2D eigenvalue weighted by atomic mass is 9.97. The molecule has 1 atom stereocenters. The van der Waals surface area contributed by atoms with Crippen molar-refractivity contribution in [2.24, 2.45) is 5.92 Å². The Kier molecular flexibility index (Phi) is 3.74. The van der Waals surface area contributed by atoms with Gasteiger partial charge in [-0.1, -0.05) is 12.1 Å². The van der Waals surface area contributed by atoms with Gasteiger partial charge in [0.1, 0.15) is 11.6 Å². The van der Waals surface area contributed by atoms with Gasteiger partial charge in [-0.05, 0) is 36.5 Å². The van der Waals surface area contributed by atoms with Gasteiger partial charge in [0, 0.05) is 31.5 Å². The fourth-order valence-corrected chi connectivity index (χ4v) is 2.82. The summed E-state index contributed by atoms with van der Waals surface area (Å²) in [5, 5.41) is 9.27. The fourth-order valence-electron chi connectivity index (χ4n) is 2.82. The zero-order valence-electron chi connectivity index (χ0n) is 11.7. The molecule has 4 nitrogen and oxygen atoms in total. The maximum absolute atomic E-state index is 9.27. The molecule has 0 saturated heterocycles. The summed E-state index contributed by atoms with van der Waals surface area (Å²) in [6, 6.07) is 8.13. The van der Waals surface area contributed by atoms with Gasteiger partial charge in [0.2, 0.25) is 0 Å². The van der Waals surface area contributed by atoms with Crippen molar-refractivity contribution < 1.29 is 9.84 Å². The van der Waals surface area contributed by atoms with Crippen LogP contribution < -0.4 is 4.74 Å². The van der Waals surface area contributed by atoms with Crippen LogP contribution in [0.25, 0.3) is 0 Å². The first-order chi connectivity index (χ1) is 9.80. The van der Waals surface area contributed by atoms with E-state index >= 15 is 0 Å². The van der Waals surface area contributed by atoms with Gasteiger partial charge in [-0.25, -0.2) is 4.98 Å². The van der Waals surface area contributed by atoms with Crippen LogP contribution in [0.1, 0.15) is 23.5 Å². The molecule has 1 aliphatic rings. The molecule has 0 amide bonds. The molecule has 0 radical (unpaired) electrons. The Morgan fingerprint density at radius 1 is 1.35 bits per heavy atom. The van der Waals surface area contributed by atoms with Gasteiger partial charge in [-0.3, -0.25) is 0 Å². The third kappa shape index (κ3) is 2.56. The molecule has 0 saturated carbocycles. The number of aliphatic hydroxyl groups is 1. The zero-order valence-corrected chi connectivity index (χ0v) is 11.7. The Bertz CT molecular complexity index is 575. The highest BCUT2D eigenvalue weighted by atomic mass is 16.5. The van der Waals surface area contributed by atoms with E-state index in [0.29, 0.717) is 5.92 Å². The molecular formula is C16H20N2O2. The summed E-state index contributed by atoms with van der Waals surface area (Å²) in [7, 11) is 1.68. The molecule has 0 bridgehead atoms. The fraction of sp³-hybridized carbons (Fsp3) is 0.438. The summed E-state index contributed by atoms with van der Waals surface area (Å²) < 4.78 is 7.48. The van der Waals surface area contributed by atoms with Crippen molar-refractivity contribution in [2.75, 3.05) is 13.7 Å². The standard InChI is InChI=1S/C16H20N2O2/c1-20-15-4-2-12(3-5-15)9-16-17-10-14-8-13(11-19)6-7-18(14)16/h2-5,10,13,19H,6-9,11H2,1H3. The van der Waals surface area contributed by atoms with Crippen molar-refractivity contribution in [1.82, 2.24) is 9.55 Å². The predicted molar refractivity (Wildman–Crippen MR) is 76.9 cm³/mol. The minimum Gasteiger partial charge on any atom is -0.497 e. The SMILES string of the molecule is COc1ccc(Cc2ncc3n2CCC(CO)C3)cc1. The Morgan fingerprint density at radius 3 is 2.85 bits per heavy atom. The van der Waals surface area contributed by atoms with E-state index in [2.05, 4.69) is 21.7 Å². The van der Waals surface area contributed by atoms with Crippen LogP contribution in [0.15, 0.2) is 30.5 Å². The quantitative estimate of drug-likeness (QED) is 0.926. The van der Waals surface area contributed by atoms with Crippen LogP contribution in [-0.2, 0) is 19.4 Å². The van der Waals surface area contributed by atoms with E-state index in [1.165, 1.54) is 11.3 Å². The minimum atomic E-state index is 0.277. The molecule has 1 N–H and O–H groups in total. The van der Waals surface area contributed by atoms with Gasteiger partial charge >= 0.3 is 0 Å². The number of hydrogen-bond acceptors (Lipinski definition) is 3. The Hall–Kier alpha value is -1.81. The minimum absolute atomic E-state index is 0.277. The van der Waals surface area contributed by atoms with Gasteiger partial charge in [-0.15, -0.1) is 0 Å². The molecule has 0 aliphatic carbocycles. The van der Waals surface area contributed by atoms with E-state index in [-0.39, 0.29) is 6.61 Å². The Labute approximate surface area is 119 Å². The molecule has 0 spiro atoms. The maximum Gasteiger partial charge on any atom is 0.118 e. The van der Waals surface area contributed by atoms with Crippen molar-refractivity contribution in [3.63, 3.8) is 0 Å². The molecule has 2 aromatic rings. The molecule has 1 unspecified atom stereocenters. The number of methoxy groups -OCH3 is 1. The van der Waals surface area contributed by atoms with Crippen LogP contribution in [0, 0.1) is 5.92 Å². The van der Waals surface area contributed by atoms with E-state index in [1.54, 1.807) is 7.11 Å². The monoisotopic (exact) mass is 272 g/mol. The number of aromatic nitrogens is 2. The Balaban J connectivity index is 1.76. The number of hydrogen-bond donors (Lipinski definition) is 1. The third-order valence-corrected chi connectivity index (χ3v) is 4.06. The molecule has 1 aromatic carbocycles. The predicted octanol–water partition coefficient (Wildman–Crippen LogP) is 2.04. The smallest absolute Gasteiger partial charge is 0.118 e. The lowest BCUT2D eigenvalue weighted by Gasteiger charge is -2.23. The number of rotatable bonds is 4. The first-order valence-electron chi connectivity index (χ1n) is 7.07.